The zero-order valence-electron chi connectivity index (χ0n) is 16.3. The molecule has 0 spiro atoms. The number of piperazine rings is 1. The van der Waals surface area contributed by atoms with E-state index in [2.05, 4.69) is 14.8 Å². The van der Waals surface area contributed by atoms with Gasteiger partial charge in [0.1, 0.15) is 5.82 Å². The van der Waals surface area contributed by atoms with E-state index in [1.54, 1.807) is 0 Å². The molecule has 0 saturated carbocycles. The number of carbonyl (C=O) groups is 1. The van der Waals surface area contributed by atoms with Gasteiger partial charge in [0.15, 0.2) is 0 Å². The molecule has 0 aliphatic carbocycles. The van der Waals surface area contributed by atoms with E-state index in [4.69, 9.17) is 16.6 Å². The third-order valence-corrected chi connectivity index (χ3v) is 5.84. The van der Waals surface area contributed by atoms with Gasteiger partial charge in [-0.2, -0.15) is 4.98 Å². The van der Waals surface area contributed by atoms with Crippen molar-refractivity contribution in [2.24, 2.45) is 0 Å². The molecule has 1 aromatic carbocycles. The van der Waals surface area contributed by atoms with E-state index in [0.29, 0.717) is 24.5 Å². The van der Waals surface area contributed by atoms with Crippen molar-refractivity contribution in [3.05, 3.63) is 46.6 Å². The van der Waals surface area contributed by atoms with Crippen LogP contribution >= 0.6 is 11.6 Å². The van der Waals surface area contributed by atoms with Gasteiger partial charge in [0, 0.05) is 56.1 Å². The van der Waals surface area contributed by atoms with Crippen LogP contribution in [0.5, 0.6) is 0 Å². The van der Waals surface area contributed by atoms with E-state index >= 15 is 0 Å². The molecule has 4 rings (SSSR count). The minimum absolute atomic E-state index is 0.129. The van der Waals surface area contributed by atoms with E-state index in [1.165, 1.54) is 12.8 Å². The van der Waals surface area contributed by atoms with Crippen LogP contribution in [0.25, 0.3) is 0 Å². The van der Waals surface area contributed by atoms with Gasteiger partial charge in [0.25, 0.3) is 0 Å². The fraction of sp³-hybridized carbons (Fsp3) is 0.476. The summed E-state index contributed by atoms with van der Waals surface area (Å²) in [5, 5.41) is 0.653. The van der Waals surface area contributed by atoms with Crippen molar-refractivity contribution in [3.63, 3.8) is 0 Å². The van der Waals surface area contributed by atoms with Crippen LogP contribution in [-0.2, 0) is 11.2 Å². The summed E-state index contributed by atoms with van der Waals surface area (Å²) in [4.78, 5) is 28.5. The highest BCUT2D eigenvalue weighted by molar-refractivity contribution is 6.31. The Hall–Kier alpha value is -2.34. The Morgan fingerprint density at radius 2 is 1.71 bits per heavy atom. The molecule has 0 bridgehead atoms. The van der Waals surface area contributed by atoms with Crippen LogP contribution in [0.1, 0.15) is 24.1 Å². The second-order valence-electron chi connectivity index (χ2n) is 7.50. The van der Waals surface area contributed by atoms with Crippen molar-refractivity contribution >= 4 is 29.3 Å². The van der Waals surface area contributed by atoms with Gasteiger partial charge >= 0.3 is 0 Å². The Labute approximate surface area is 171 Å². The quantitative estimate of drug-likeness (QED) is 0.791. The molecular formula is C21H26ClN5O. The molecule has 0 unspecified atom stereocenters. The van der Waals surface area contributed by atoms with Crippen LogP contribution in [0, 0.1) is 6.92 Å². The maximum atomic E-state index is 12.7. The van der Waals surface area contributed by atoms with Crippen LogP contribution in [0.3, 0.4) is 0 Å². The number of anilines is 2. The number of aryl methyl sites for hydroxylation is 1. The summed E-state index contributed by atoms with van der Waals surface area (Å²) in [7, 11) is 0. The minimum Gasteiger partial charge on any atom is -0.353 e. The number of hydrogen-bond acceptors (Lipinski definition) is 5. The second-order valence-corrected chi connectivity index (χ2v) is 7.90. The van der Waals surface area contributed by atoms with Crippen molar-refractivity contribution in [2.75, 3.05) is 49.1 Å². The molecule has 7 heteroatoms. The maximum absolute atomic E-state index is 12.7. The fourth-order valence-corrected chi connectivity index (χ4v) is 4.06. The van der Waals surface area contributed by atoms with Crippen LogP contribution < -0.4 is 9.80 Å². The smallest absolute Gasteiger partial charge is 0.227 e. The Bertz CT molecular complexity index is 844. The molecule has 28 heavy (non-hydrogen) atoms. The first-order valence-electron chi connectivity index (χ1n) is 9.97. The van der Waals surface area contributed by atoms with Gasteiger partial charge in [0.2, 0.25) is 11.9 Å². The Morgan fingerprint density at radius 3 is 2.43 bits per heavy atom. The lowest BCUT2D eigenvalue weighted by Crippen LogP contribution is -2.49. The average Bonchev–Trinajstić information content (AvgIpc) is 3.24. The molecule has 1 aromatic heterocycles. The van der Waals surface area contributed by atoms with Crippen molar-refractivity contribution < 1.29 is 4.79 Å². The number of carbonyl (C=O) groups excluding carboxylic acids is 1. The highest BCUT2D eigenvalue weighted by Crippen LogP contribution is 2.22. The van der Waals surface area contributed by atoms with E-state index < -0.39 is 0 Å². The topological polar surface area (TPSA) is 52.6 Å². The second kappa shape index (κ2) is 8.35. The summed E-state index contributed by atoms with van der Waals surface area (Å²) in [5.41, 5.74) is 1.88. The lowest BCUT2D eigenvalue weighted by Gasteiger charge is -2.36. The SMILES string of the molecule is Cc1cc(N2CCN(C(=O)Cc3ccccc3Cl)CC2)nc(N2CCCC2)n1. The highest BCUT2D eigenvalue weighted by atomic mass is 35.5. The first kappa shape index (κ1) is 19.0. The molecule has 2 aromatic rings. The summed E-state index contributed by atoms with van der Waals surface area (Å²) in [6.07, 6.45) is 2.77. The standard InChI is InChI=1S/C21H26ClN5O/c1-16-14-19(24-21(23-16)27-8-4-5-9-27)25-10-12-26(13-11-25)20(28)15-17-6-2-3-7-18(17)22/h2-3,6-7,14H,4-5,8-13,15H2,1H3. The van der Waals surface area contributed by atoms with Gasteiger partial charge in [-0.25, -0.2) is 4.98 Å². The number of rotatable bonds is 4. The first-order valence-corrected chi connectivity index (χ1v) is 10.3. The summed E-state index contributed by atoms with van der Waals surface area (Å²) in [6, 6.07) is 9.59. The van der Waals surface area contributed by atoms with Gasteiger partial charge in [-0.3, -0.25) is 4.79 Å². The molecule has 2 saturated heterocycles. The predicted octanol–water partition coefficient (Wildman–Crippen LogP) is 2.93. The predicted molar refractivity (Wildman–Crippen MR) is 112 cm³/mol. The van der Waals surface area contributed by atoms with Crippen molar-refractivity contribution in [1.82, 2.24) is 14.9 Å². The van der Waals surface area contributed by atoms with Crippen LogP contribution in [-0.4, -0.2) is 60.0 Å². The van der Waals surface area contributed by atoms with Gasteiger partial charge in [-0.15, -0.1) is 0 Å². The summed E-state index contributed by atoms with van der Waals surface area (Å²) in [6.45, 7) is 7.06. The van der Waals surface area contributed by atoms with Gasteiger partial charge in [0.05, 0.1) is 6.42 Å². The minimum atomic E-state index is 0.129. The molecule has 1 amide bonds. The van der Waals surface area contributed by atoms with Gasteiger partial charge in [-0.05, 0) is 31.4 Å². The van der Waals surface area contributed by atoms with Crippen LogP contribution in [0.2, 0.25) is 5.02 Å². The Balaban J connectivity index is 1.39. The van der Waals surface area contributed by atoms with Crippen LogP contribution in [0.4, 0.5) is 11.8 Å². The molecule has 0 radical (unpaired) electrons. The average molecular weight is 400 g/mol. The highest BCUT2D eigenvalue weighted by Gasteiger charge is 2.24. The third kappa shape index (κ3) is 4.22. The largest absolute Gasteiger partial charge is 0.353 e. The molecular weight excluding hydrogens is 374 g/mol. The molecule has 0 N–H and O–H groups in total. The van der Waals surface area contributed by atoms with E-state index in [-0.39, 0.29) is 5.91 Å². The Kier molecular flexibility index (Phi) is 5.67. The number of amides is 1. The fourth-order valence-electron chi connectivity index (χ4n) is 3.86. The summed E-state index contributed by atoms with van der Waals surface area (Å²) in [5.74, 6) is 1.93. The van der Waals surface area contributed by atoms with E-state index in [9.17, 15) is 4.79 Å². The molecule has 2 aliphatic heterocycles. The molecule has 2 fully saturated rings. The zero-order chi connectivity index (χ0) is 19.5. The molecule has 0 atom stereocenters. The molecule has 2 aliphatic rings. The molecule has 3 heterocycles. The van der Waals surface area contributed by atoms with E-state index in [0.717, 1.165) is 49.2 Å². The van der Waals surface area contributed by atoms with Crippen LogP contribution in [0.15, 0.2) is 30.3 Å². The normalized spacial score (nSPS) is 17.3. The monoisotopic (exact) mass is 399 g/mol. The number of hydrogen-bond donors (Lipinski definition) is 0. The number of halogens is 1. The molecule has 148 valence electrons. The van der Waals surface area contributed by atoms with Crippen molar-refractivity contribution in [1.29, 1.82) is 0 Å². The molecule has 6 nitrogen and oxygen atoms in total. The number of benzene rings is 1. The van der Waals surface area contributed by atoms with Gasteiger partial charge in [-0.1, -0.05) is 29.8 Å². The third-order valence-electron chi connectivity index (χ3n) is 5.47. The van der Waals surface area contributed by atoms with Crippen molar-refractivity contribution in [2.45, 2.75) is 26.2 Å². The Morgan fingerprint density at radius 1 is 1.00 bits per heavy atom. The van der Waals surface area contributed by atoms with Gasteiger partial charge < -0.3 is 14.7 Å². The first-order chi connectivity index (χ1) is 13.6. The lowest BCUT2D eigenvalue weighted by molar-refractivity contribution is -0.130. The van der Waals surface area contributed by atoms with E-state index in [1.807, 2.05) is 42.2 Å². The van der Waals surface area contributed by atoms with Crippen molar-refractivity contribution in [3.8, 4) is 0 Å². The number of aromatic nitrogens is 2. The lowest BCUT2D eigenvalue weighted by atomic mass is 10.1. The summed E-state index contributed by atoms with van der Waals surface area (Å²) >= 11 is 6.20. The summed E-state index contributed by atoms with van der Waals surface area (Å²) < 4.78 is 0. The maximum Gasteiger partial charge on any atom is 0.227 e. The number of nitrogens with zero attached hydrogens (tertiary/aromatic N) is 5. The zero-order valence-corrected chi connectivity index (χ0v) is 17.0.